The lowest BCUT2D eigenvalue weighted by Gasteiger charge is -2.14. The van der Waals surface area contributed by atoms with E-state index >= 15 is 0 Å². The number of halogens is 2. The number of aromatic nitrogens is 1. The number of hydrogen-bond acceptors (Lipinski definition) is 2. The minimum atomic E-state index is -0.845. The second-order valence-corrected chi connectivity index (χ2v) is 5.83. The molecule has 0 bridgehead atoms. The first kappa shape index (κ1) is 15.8. The highest BCUT2D eigenvalue weighted by Crippen LogP contribution is 2.23. The maximum Gasteiger partial charge on any atom is 0.307 e. The van der Waals surface area contributed by atoms with Crippen molar-refractivity contribution < 1.29 is 9.90 Å². The number of benzene rings is 1. The van der Waals surface area contributed by atoms with E-state index in [1.807, 2.05) is 31.2 Å². The lowest BCUT2D eigenvalue weighted by molar-refractivity contribution is -0.141. The van der Waals surface area contributed by atoms with E-state index in [-0.39, 0.29) is 0 Å². The molecule has 1 aromatic heterocycles. The Morgan fingerprint density at radius 2 is 2.05 bits per heavy atom. The maximum atomic E-state index is 11.5. The number of aryl methyl sites for hydroxylation is 1. The molecule has 0 amide bonds. The van der Waals surface area contributed by atoms with Crippen molar-refractivity contribution in [2.45, 2.75) is 19.8 Å². The summed E-state index contributed by atoms with van der Waals surface area (Å²) in [4.78, 5) is 15.4. The van der Waals surface area contributed by atoms with Gasteiger partial charge in [-0.25, -0.2) is 4.98 Å². The predicted octanol–water partition coefficient (Wildman–Crippen LogP) is 4.18. The van der Waals surface area contributed by atoms with Crippen molar-refractivity contribution in [3.8, 4) is 0 Å². The van der Waals surface area contributed by atoms with Crippen LogP contribution in [0.3, 0.4) is 0 Å². The van der Waals surface area contributed by atoms with Gasteiger partial charge in [0.15, 0.2) is 0 Å². The molecule has 110 valence electrons. The van der Waals surface area contributed by atoms with Crippen LogP contribution in [0, 0.1) is 12.8 Å². The molecule has 0 fully saturated rings. The summed E-state index contributed by atoms with van der Waals surface area (Å²) in [7, 11) is 0. The Labute approximate surface area is 133 Å². The highest BCUT2D eigenvalue weighted by molar-refractivity contribution is 6.34. The van der Waals surface area contributed by atoms with Gasteiger partial charge in [0.05, 0.1) is 5.92 Å². The van der Waals surface area contributed by atoms with Gasteiger partial charge >= 0.3 is 5.97 Å². The van der Waals surface area contributed by atoms with Crippen molar-refractivity contribution in [3.63, 3.8) is 0 Å². The van der Waals surface area contributed by atoms with Gasteiger partial charge in [-0.1, -0.05) is 53.0 Å². The fourth-order valence-electron chi connectivity index (χ4n) is 2.22. The van der Waals surface area contributed by atoms with E-state index in [2.05, 4.69) is 4.98 Å². The van der Waals surface area contributed by atoms with Crippen molar-refractivity contribution in [2.24, 2.45) is 5.92 Å². The van der Waals surface area contributed by atoms with Crippen LogP contribution in [-0.4, -0.2) is 16.1 Å². The second-order valence-electron chi connectivity index (χ2n) is 5.03. The molecular formula is C16H15Cl2NO2. The number of carboxylic acid groups (broad SMARTS) is 1. The van der Waals surface area contributed by atoms with E-state index < -0.39 is 11.9 Å². The Kier molecular flexibility index (Phi) is 5.21. The van der Waals surface area contributed by atoms with Crippen LogP contribution in [0.25, 0.3) is 0 Å². The molecule has 21 heavy (non-hydrogen) atoms. The first-order valence-electron chi connectivity index (χ1n) is 6.54. The zero-order chi connectivity index (χ0) is 15.4. The number of carboxylic acids is 1. The van der Waals surface area contributed by atoms with Gasteiger partial charge in [-0.15, -0.1) is 0 Å². The summed E-state index contributed by atoms with van der Waals surface area (Å²) in [6.45, 7) is 1.99. The smallest absolute Gasteiger partial charge is 0.307 e. The van der Waals surface area contributed by atoms with Gasteiger partial charge in [0, 0.05) is 11.2 Å². The van der Waals surface area contributed by atoms with Gasteiger partial charge in [0.2, 0.25) is 0 Å². The van der Waals surface area contributed by atoms with E-state index in [1.165, 1.54) is 12.3 Å². The normalized spacial score (nSPS) is 12.1. The maximum absolute atomic E-state index is 11.5. The Bertz CT molecular complexity index is 658. The summed E-state index contributed by atoms with van der Waals surface area (Å²) in [5.74, 6) is -1.39. The Morgan fingerprint density at radius 1 is 1.29 bits per heavy atom. The van der Waals surface area contributed by atoms with Crippen molar-refractivity contribution >= 4 is 29.2 Å². The predicted molar refractivity (Wildman–Crippen MR) is 84.0 cm³/mol. The number of carbonyl (C=O) groups is 1. The van der Waals surface area contributed by atoms with Crippen molar-refractivity contribution in [3.05, 3.63) is 63.4 Å². The lowest BCUT2D eigenvalue weighted by Crippen LogP contribution is -2.19. The van der Waals surface area contributed by atoms with Gasteiger partial charge in [-0.05, 0) is 37.0 Å². The molecular weight excluding hydrogens is 309 g/mol. The molecule has 1 heterocycles. The minimum Gasteiger partial charge on any atom is -0.481 e. The van der Waals surface area contributed by atoms with Gasteiger partial charge in [-0.3, -0.25) is 4.79 Å². The second kappa shape index (κ2) is 6.92. The zero-order valence-corrected chi connectivity index (χ0v) is 13.0. The molecule has 0 saturated heterocycles. The van der Waals surface area contributed by atoms with Crippen LogP contribution >= 0.6 is 23.2 Å². The third-order valence-corrected chi connectivity index (χ3v) is 3.83. The molecule has 0 aliphatic heterocycles. The van der Waals surface area contributed by atoms with Gasteiger partial charge < -0.3 is 5.11 Å². The molecule has 0 aliphatic rings. The molecule has 3 nitrogen and oxygen atoms in total. The largest absolute Gasteiger partial charge is 0.481 e. The molecule has 0 radical (unpaired) electrons. The van der Waals surface area contributed by atoms with Crippen LogP contribution in [0.5, 0.6) is 0 Å². The summed E-state index contributed by atoms with van der Waals surface area (Å²) in [6.07, 6.45) is 2.32. The number of pyridine rings is 1. The molecule has 1 N–H and O–H groups in total. The number of rotatable bonds is 5. The molecule has 1 unspecified atom stereocenters. The van der Waals surface area contributed by atoms with E-state index in [1.54, 1.807) is 0 Å². The number of hydrogen-bond donors (Lipinski definition) is 1. The summed E-state index contributed by atoms with van der Waals surface area (Å²) in [5, 5.41) is 10.2. The number of aliphatic carboxylic acids is 1. The lowest BCUT2D eigenvalue weighted by atomic mass is 9.92. The monoisotopic (exact) mass is 323 g/mol. The van der Waals surface area contributed by atoms with E-state index in [4.69, 9.17) is 23.2 Å². The van der Waals surface area contributed by atoms with Crippen molar-refractivity contribution in [1.82, 2.24) is 4.98 Å². The van der Waals surface area contributed by atoms with Gasteiger partial charge in [-0.2, -0.15) is 0 Å². The highest BCUT2D eigenvalue weighted by atomic mass is 35.5. The van der Waals surface area contributed by atoms with Crippen LogP contribution in [0.2, 0.25) is 10.2 Å². The number of nitrogens with zero attached hydrogens (tertiary/aromatic N) is 1. The minimum absolute atomic E-state index is 0.300. The molecule has 0 aliphatic carbocycles. The van der Waals surface area contributed by atoms with E-state index in [0.717, 1.165) is 11.1 Å². The standard InChI is InChI=1S/C16H15Cl2NO2/c1-10-3-2-4-11(5-10)6-12(16(20)21)7-13-9-19-15(18)8-14(13)17/h2-5,8-9,12H,6-7H2,1H3,(H,20,21). The van der Waals surface area contributed by atoms with Gasteiger partial charge in [0.1, 0.15) is 5.15 Å². The fourth-order valence-corrected chi connectivity index (χ4v) is 2.66. The zero-order valence-electron chi connectivity index (χ0n) is 11.5. The molecule has 0 spiro atoms. The van der Waals surface area contributed by atoms with Crippen LogP contribution in [0.15, 0.2) is 36.5 Å². The van der Waals surface area contributed by atoms with Gasteiger partial charge in [0.25, 0.3) is 0 Å². The van der Waals surface area contributed by atoms with E-state index in [9.17, 15) is 9.90 Å². The van der Waals surface area contributed by atoms with Crippen molar-refractivity contribution in [2.75, 3.05) is 0 Å². The molecule has 2 aromatic rings. The third-order valence-electron chi connectivity index (χ3n) is 3.28. The molecule has 5 heteroatoms. The van der Waals surface area contributed by atoms with Crippen LogP contribution in [-0.2, 0) is 17.6 Å². The fraction of sp³-hybridized carbons (Fsp3) is 0.250. The summed E-state index contributed by atoms with van der Waals surface area (Å²) in [5.41, 5.74) is 2.81. The van der Waals surface area contributed by atoms with Crippen LogP contribution < -0.4 is 0 Å². The average Bonchev–Trinajstić information content (AvgIpc) is 2.40. The Morgan fingerprint density at radius 3 is 2.67 bits per heavy atom. The molecule has 1 aromatic carbocycles. The third kappa shape index (κ3) is 4.45. The molecule has 0 saturated carbocycles. The Balaban J connectivity index is 2.18. The summed E-state index contributed by atoms with van der Waals surface area (Å²) in [6, 6.07) is 9.38. The quantitative estimate of drug-likeness (QED) is 0.839. The van der Waals surface area contributed by atoms with E-state index in [0.29, 0.717) is 28.6 Å². The van der Waals surface area contributed by atoms with Crippen LogP contribution in [0.1, 0.15) is 16.7 Å². The SMILES string of the molecule is Cc1cccc(CC(Cc2cnc(Cl)cc2Cl)C(=O)O)c1. The average molecular weight is 324 g/mol. The summed E-state index contributed by atoms with van der Waals surface area (Å²) < 4.78 is 0. The molecule has 2 rings (SSSR count). The van der Waals surface area contributed by atoms with Crippen LogP contribution in [0.4, 0.5) is 0 Å². The Hall–Kier alpha value is -1.58. The highest BCUT2D eigenvalue weighted by Gasteiger charge is 2.20. The molecule has 1 atom stereocenters. The topological polar surface area (TPSA) is 50.2 Å². The summed E-state index contributed by atoms with van der Waals surface area (Å²) >= 11 is 11.8. The first-order valence-corrected chi connectivity index (χ1v) is 7.29. The van der Waals surface area contributed by atoms with Crippen molar-refractivity contribution in [1.29, 1.82) is 0 Å². The first-order chi connectivity index (χ1) is 9.95.